The van der Waals surface area contributed by atoms with E-state index >= 15 is 0 Å². The van der Waals surface area contributed by atoms with Gasteiger partial charge in [-0.05, 0) is 12.1 Å². The predicted molar refractivity (Wildman–Crippen MR) is 70.9 cm³/mol. The number of carbonyl (C=O) groups excluding carboxylic acids is 2. The molecule has 20 heavy (non-hydrogen) atoms. The van der Waals surface area contributed by atoms with Crippen molar-refractivity contribution in [1.82, 2.24) is 15.5 Å². The molecule has 1 aromatic heterocycles. The third-order valence-corrected chi connectivity index (χ3v) is 3.25. The molecule has 7 nitrogen and oxygen atoms in total. The van der Waals surface area contributed by atoms with Gasteiger partial charge < -0.3 is 19.8 Å². The molecule has 0 bridgehead atoms. The topological polar surface area (TPSA) is 83.8 Å². The second-order valence-corrected chi connectivity index (χ2v) is 4.47. The summed E-state index contributed by atoms with van der Waals surface area (Å²) < 4.78 is 10.8. The number of ether oxygens (including phenoxy) is 1. The number of rotatable bonds is 4. The Bertz CT molecular complexity index is 440. The maximum Gasteiger partial charge on any atom is 0.309 e. The minimum Gasteiger partial charge on any atom is -0.468 e. The minimum absolute atomic E-state index is 0.0949. The summed E-state index contributed by atoms with van der Waals surface area (Å²) in [4.78, 5) is 24.9. The first kappa shape index (κ1) is 14.5. The number of nitrogens with one attached hydrogen (secondary N) is 2. The predicted octanol–water partition coefficient (Wildman–Crippen LogP) is -0.485. The Kier molecular flexibility index (Phi) is 5.14. The smallest absolute Gasteiger partial charge is 0.309 e. The average molecular weight is 281 g/mol. The van der Waals surface area contributed by atoms with E-state index < -0.39 is 11.8 Å². The highest BCUT2D eigenvalue weighted by molar-refractivity contribution is 6.35. The van der Waals surface area contributed by atoms with E-state index in [4.69, 9.17) is 9.15 Å². The average Bonchev–Trinajstić information content (AvgIpc) is 3.01. The van der Waals surface area contributed by atoms with E-state index in [1.54, 1.807) is 6.26 Å². The largest absolute Gasteiger partial charge is 0.468 e. The van der Waals surface area contributed by atoms with Gasteiger partial charge in [-0.15, -0.1) is 0 Å². The molecular weight excluding hydrogens is 262 g/mol. The highest BCUT2D eigenvalue weighted by Crippen LogP contribution is 2.21. The van der Waals surface area contributed by atoms with E-state index in [0.29, 0.717) is 19.8 Å². The number of morpholine rings is 1. The fourth-order valence-electron chi connectivity index (χ4n) is 2.16. The molecule has 2 N–H and O–H groups in total. The summed E-state index contributed by atoms with van der Waals surface area (Å²) in [5, 5.41) is 4.92. The number of nitrogens with zero attached hydrogens (tertiary/aromatic N) is 1. The number of amides is 2. The van der Waals surface area contributed by atoms with Crippen LogP contribution in [0.3, 0.4) is 0 Å². The highest BCUT2D eigenvalue weighted by Gasteiger charge is 2.25. The van der Waals surface area contributed by atoms with Gasteiger partial charge in [-0.1, -0.05) is 0 Å². The first-order valence-corrected chi connectivity index (χ1v) is 6.57. The van der Waals surface area contributed by atoms with Crippen LogP contribution in [0.15, 0.2) is 22.8 Å². The molecular formula is C13H19N3O4. The van der Waals surface area contributed by atoms with Crippen molar-refractivity contribution in [3.05, 3.63) is 24.2 Å². The van der Waals surface area contributed by atoms with Gasteiger partial charge in [0.05, 0.1) is 25.5 Å². The van der Waals surface area contributed by atoms with Crippen LogP contribution in [0.2, 0.25) is 0 Å². The summed E-state index contributed by atoms with van der Waals surface area (Å²) in [6.07, 6.45) is 1.60. The van der Waals surface area contributed by atoms with Gasteiger partial charge in [-0.2, -0.15) is 0 Å². The maximum absolute atomic E-state index is 11.5. The van der Waals surface area contributed by atoms with Crippen LogP contribution in [0.1, 0.15) is 11.8 Å². The lowest BCUT2D eigenvalue weighted by Crippen LogP contribution is -2.46. The normalized spacial score (nSPS) is 17.4. The van der Waals surface area contributed by atoms with Gasteiger partial charge in [0.25, 0.3) is 0 Å². The highest BCUT2D eigenvalue weighted by atomic mass is 16.5. The van der Waals surface area contributed by atoms with Crippen molar-refractivity contribution in [2.45, 2.75) is 6.04 Å². The summed E-state index contributed by atoms with van der Waals surface area (Å²) in [6, 6.07) is 3.58. The van der Waals surface area contributed by atoms with E-state index in [2.05, 4.69) is 15.5 Å². The molecule has 0 saturated carbocycles. The van der Waals surface area contributed by atoms with Gasteiger partial charge in [0.1, 0.15) is 5.76 Å². The third-order valence-electron chi connectivity index (χ3n) is 3.25. The molecule has 1 fully saturated rings. The fourth-order valence-corrected chi connectivity index (χ4v) is 2.16. The molecule has 1 aliphatic heterocycles. The molecule has 1 saturated heterocycles. The lowest BCUT2D eigenvalue weighted by Gasteiger charge is -2.33. The van der Waals surface area contributed by atoms with E-state index in [9.17, 15) is 9.59 Å². The molecule has 1 aromatic rings. The number of furan rings is 1. The van der Waals surface area contributed by atoms with Crippen LogP contribution in [0.25, 0.3) is 0 Å². The van der Waals surface area contributed by atoms with Gasteiger partial charge in [0.15, 0.2) is 0 Å². The monoisotopic (exact) mass is 281 g/mol. The molecule has 0 aromatic carbocycles. The summed E-state index contributed by atoms with van der Waals surface area (Å²) in [7, 11) is 1.42. The van der Waals surface area contributed by atoms with Crippen molar-refractivity contribution in [1.29, 1.82) is 0 Å². The third kappa shape index (κ3) is 3.58. The van der Waals surface area contributed by atoms with E-state index in [1.807, 2.05) is 12.1 Å². The van der Waals surface area contributed by atoms with Crippen molar-refractivity contribution < 1.29 is 18.7 Å². The zero-order valence-corrected chi connectivity index (χ0v) is 11.4. The Labute approximate surface area is 117 Å². The molecule has 1 unspecified atom stereocenters. The van der Waals surface area contributed by atoms with Crippen LogP contribution in [-0.4, -0.2) is 56.6 Å². The molecule has 2 amide bonds. The Morgan fingerprint density at radius 3 is 2.70 bits per heavy atom. The van der Waals surface area contributed by atoms with E-state index in [1.165, 1.54) is 7.05 Å². The quantitative estimate of drug-likeness (QED) is 0.728. The van der Waals surface area contributed by atoms with Crippen molar-refractivity contribution in [2.75, 3.05) is 39.9 Å². The first-order chi connectivity index (χ1) is 9.72. The van der Waals surface area contributed by atoms with Gasteiger partial charge in [-0.3, -0.25) is 14.5 Å². The number of hydrogen-bond donors (Lipinski definition) is 2. The van der Waals surface area contributed by atoms with Crippen LogP contribution in [0.4, 0.5) is 0 Å². The molecule has 0 spiro atoms. The Balaban J connectivity index is 1.99. The Morgan fingerprint density at radius 1 is 1.35 bits per heavy atom. The SMILES string of the molecule is CNC(=O)C(=O)NCC(c1ccco1)N1CCOCC1. The van der Waals surface area contributed by atoms with Gasteiger partial charge in [0, 0.05) is 26.7 Å². The van der Waals surface area contributed by atoms with Crippen LogP contribution < -0.4 is 10.6 Å². The van der Waals surface area contributed by atoms with Gasteiger partial charge in [0.2, 0.25) is 0 Å². The van der Waals surface area contributed by atoms with Crippen molar-refractivity contribution in [3.63, 3.8) is 0 Å². The summed E-state index contributed by atoms with van der Waals surface area (Å²) in [5.41, 5.74) is 0. The van der Waals surface area contributed by atoms with Gasteiger partial charge >= 0.3 is 11.8 Å². The molecule has 1 atom stereocenters. The molecule has 2 rings (SSSR count). The fraction of sp³-hybridized carbons (Fsp3) is 0.538. The number of likely N-dealkylation sites (N-methyl/N-ethyl adjacent to an activating group) is 1. The molecule has 7 heteroatoms. The zero-order chi connectivity index (χ0) is 14.4. The van der Waals surface area contributed by atoms with Crippen LogP contribution >= 0.6 is 0 Å². The van der Waals surface area contributed by atoms with Crippen molar-refractivity contribution in [2.24, 2.45) is 0 Å². The van der Waals surface area contributed by atoms with Crippen molar-refractivity contribution in [3.8, 4) is 0 Å². The molecule has 0 aliphatic carbocycles. The molecule has 2 heterocycles. The number of hydrogen-bond acceptors (Lipinski definition) is 5. The lowest BCUT2D eigenvalue weighted by atomic mass is 10.1. The molecule has 110 valence electrons. The standard InChI is InChI=1S/C13H19N3O4/c1-14-12(17)13(18)15-9-10(11-3-2-6-20-11)16-4-7-19-8-5-16/h2-3,6,10H,4-5,7-9H2,1H3,(H,14,17)(H,15,18). The Hall–Kier alpha value is -1.86. The minimum atomic E-state index is -0.648. The van der Waals surface area contributed by atoms with Crippen molar-refractivity contribution >= 4 is 11.8 Å². The first-order valence-electron chi connectivity index (χ1n) is 6.57. The number of carbonyl (C=O) groups is 2. The summed E-state index contributed by atoms with van der Waals surface area (Å²) in [5.74, 6) is -0.522. The maximum atomic E-state index is 11.5. The second-order valence-electron chi connectivity index (χ2n) is 4.47. The van der Waals surface area contributed by atoms with Crippen LogP contribution in [0.5, 0.6) is 0 Å². The molecule has 0 radical (unpaired) electrons. The zero-order valence-electron chi connectivity index (χ0n) is 11.4. The van der Waals surface area contributed by atoms with E-state index in [-0.39, 0.29) is 6.04 Å². The van der Waals surface area contributed by atoms with Gasteiger partial charge in [-0.25, -0.2) is 0 Å². The van der Waals surface area contributed by atoms with Crippen LogP contribution in [0, 0.1) is 0 Å². The Morgan fingerprint density at radius 2 is 2.10 bits per heavy atom. The lowest BCUT2D eigenvalue weighted by molar-refractivity contribution is -0.139. The summed E-state index contributed by atoms with van der Waals surface area (Å²) >= 11 is 0. The molecule has 1 aliphatic rings. The van der Waals surface area contributed by atoms with E-state index in [0.717, 1.165) is 18.8 Å². The van der Waals surface area contributed by atoms with Crippen LogP contribution in [-0.2, 0) is 14.3 Å². The summed E-state index contributed by atoms with van der Waals surface area (Å²) in [6.45, 7) is 3.16. The second kappa shape index (κ2) is 7.06.